The minimum absolute atomic E-state index is 0.806. The molecule has 0 aromatic heterocycles. The van der Waals surface area contributed by atoms with E-state index in [0.717, 1.165) is 19.4 Å². The molecule has 0 spiro atoms. The molecule has 4 heteroatoms. The predicted octanol–water partition coefficient (Wildman–Crippen LogP) is 2.59. The highest BCUT2D eigenvalue weighted by Crippen LogP contribution is 2.20. The van der Waals surface area contributed by atoms with Crippen LogP contribution in [0.1, 0.15) is 13.8 Å². The van der Waals surface area contributed by atoms with Crippen molar-refractivity contribution in [1.29, 1.82) is 0 Å². The van der Waals surface area contributed by atoms with Crippen LogP contribution in [0.3, 0.4) is 0 Å². The smallest absolute Gasteiger partial charge is 0.201 e. The van der Waals surface area contributed by atoms with Gasteiger partial charge in [-0.2, -0.15) is 0 Å². The fourth-order valence-electron chi connectivity index (χ4n) is 1.09. The van der Waals surface area contributed by atoms with Gasteiger partial charge in [-0.05, 0) is 20.4 Å². The summed E-state index contributed by atoms with van der Waals surface area (Å²) in [5.41, 5.74) is 0. The highest BCUT2D eigenvalue weighted by atomic mass is 29.3. The molecule has 0 saturated carbocycles. The van der Waals surface area contributed by atoms with Gasteiger partial charge in [-0.3, -0.25) is 0 Å². The average molecular weight is 220 g/mol. The lowest BCUT2D eigenvalue weighted by Gasteiger charge is -2.37. The Kier molecular flexibility index (Phi) is 5.43. The van der Waals surface area contributed by atoms with Gasteiger partial charge >= 0.3 is 0 Å². The molecule has 0 amide bonds. The summed E-state index contributed by atoms with van der Waals surface area (Å²) < 4.78 is 11.5. The summed E-state index contributed by atoms with van der Waals surface area (Å²) in [5, 5.41) is 0. The maximum Gasteiger partial charge on any atom is 0.201 e. The summed E-state index contributed by atoms with van der Waals surface area (Å²) in [5.74, 6) is 0. The first kappa shape index (κ1) is 13.4. The van der Waals surface area contributed by atoms with Crippen molar-refractivity contribution in [2.24, 2.45) is 0 Å². The first-order valence-corrected chi connectivity index (χ1v) is 12.2. The molecule has 0 fully saturated rings. The van der Waals surface area contributed by atoms with Crippen LogP contribution < -0.4 is 0 Å². The van der Waals surface area contributed by atoms with Crippen molar-refractivity contribution < 1.29 is 9.16 Å². The van der Waals surface area contributed by atoms with Crippen molar-refractivity contribution in [3.8, 4) is 0 Å². The van der Waals surface area contributed by atoms with E-state index < -0.39 is 15.4 Å². The van der Waals surface area contributed by atoms with E-state index in [1.165, 1.54) is 0 Å². The number of ether oxygens (including phenoxy) is 1. The molecule has 0 bridgehead atoms. The highest BCUT2D eigenvalue weighted by molar-refractivity contribution is 7.38. The van der Waals surface area contributed by atoms with E-state index in [1.807, 2.05) is 6.92 Å². The third-order valence-electron chi connectivity index (χ3n) is 2.63. The van der Waals surface area contributed by atoms with Gasteiger partial charge in [0.05, 0.1) is 13.8 Å². The van der Waals surface area contributed by atoms with Gasteiger partial charge in [0, 0.05) is 13.2 Å². The van der Waals surface area contributed by atoms with E-state index in [2.05, 4.69) is 33.1 Å². The molecule has 0 aromatic carbocycles. The quantitative estimate of drug-likeness (QED) is 0.641. The fourth-order valence-corrected chi connectivity index (χ4v) is 6.61. The lowest BCUT2D eigenvalue weighted by Crippen LogP contribution is -2.61. The van der Waals surface area contributed by atoms with Crippen LogP contribution in [0.15, 0.2) is 0 Å². The summed E-state index contributed by atoms with van der Waals surface area (Å²) in [4.78, 5) is 0. The normalized spacial score (nSPS) is 17.1. The minimum Gasteiger partial charge on any atom is -0.418 e. The first-order valence-electron chi connectivity index (χ1n) is 5.09. The van der Waals surface area contributed by atoms with Crippen molar-refractivity contribution >= 4 is 15.4 Å². The number of hydrogen-bond donors (Lipinski definition) is 0. The zero-order valence-corrected chi connectivity index (χ0v) is 11.9. The number of rotatable bonds is 6. The van der Waals surface area contributed by atoms with Gasteiger partial charge in [0.25, 0.3) is 0 Å². The molecule has 0 saturated heterocycles. The molecule has 13 heavy (non-hydrogen) atoms. The molecule has 0 heterocycles. The standard InChI is InChI=1S/C9H24O2Si2/c1-7-10-9-13(6,11-8-2)12(3,4)5/h7-9H2,1-6H3. The summed E-state index contributed by atoms with van der Waals surface area (Å²) >= 11 is 0. The topological polar surface area (TPSA) is 18.5 Å². The molecular formula is C9H24O2Si2. The maximum absolute atomic E-state index is 5.97. The lowest BCUT2D eigenvalue weighted by molar-refractivity contribution is 0.171. The Morgan fingerprint density at radius 1 is 0.923 bits per heavy atom. The Labute approximate surface area is 84.6 Å². The van der Waals surface area contributed by atoms with E-state index in [-0.39, 0.29) is 0 Å². The van der Waals surface area contributed by atoms with Gasteiger partial charge in [-0.25, -0.2) is 0 Å². The van der Waals surface area contributed by atoms with Crippen LogP contribution >= 0.6 is 0 Å². The Bertz CT molecular complexity index is 145. The van der Waals surface area contributed by atoms with Crippen LogP contribution in [0.2, 0.25) is 26.2 Å². The third kappa shape index (κ3) is 3.93. The molecule has 0 aliphatic carbocycles. The van der Waals surface area contributed by atoms with Crippen LogP contribution in [0, 0.1) is 0 Å². The molecule has 0 aliphatic rings. The molecule has 0 aliphatic heterocycles. The predicted molar refractivity (Wildman–Crippen MR) is 63.1 cm³/mol. The van der Waals surface area contributed by atoms with Gasteiger partial charge in [0.15, 0.2) is 0 Å². The second-order valence-corrected chi connectivity index (χ2v) is 19.8. The van der Waals surface area contributed by atoms with E-state index in [9.17, 15) is 0 Å². The Morgan fingerprint density at radius 2 is 1.46 bits per heavy atom. The first-order chi connectivity index (χ1) is 5.87. The second-order valence-electron chi connectivity index (χ2n) is 4.55. The van der Waals surface area contributed by atoms with Crippen LogP contribution in [-0.2, 0) is 9.16 Å². The lowest BCUT2D eigenvalue weighted by atomic mass is 10.9. The fraction of sp³-hybridized carbons (Fsp3) is 1.00. The Hall–Kier alpha value is 0.354. The van der Waals surface area contributed by atoms with Gasteiger partial charge in [-0.1, -0.05) is 19.6 Å². The monoisotopic (exact) mass is 220 g/mol. The van der Waals surface area contributed by atoms with Gasteiger partial charge in [-0.15, -0.1) is 0 Å². The summed E-state index contributed by atoms with van der Waals surface area (Å²) in [6.45, 7) is 15.2. The van der Waals surface area contributed by atoms with Crippen molar-refractivity contribution in [2.75, 3.05) is 19.4 Å². The van der Waals surface area contributed by atoms with Crippen molar-refractivity contribution in [2.45, 2.75) is 40.0 Å². The largest absolute Gasteiger partial charge is 0.418 e. The molecule has 0 rings (SSSR count). The van der Waals surface area contributed by atoms with Crippen molar-refractivity contribution in [3.05, 3.63) is 0 Å². The third-order valence-corrected chi connectivity index (χ3v) is 17.9. The van der Waals surface area contributed by atoms with E-state index in [0.29, 0.717) is 0 Å². The van der Waals surface area contributed by atoms with Crippen LogP contribution in [0.5, 0.6) is 0 Å². The zero-order valence-electron chi connectivity index (χ0n) is 9.94. The zero-order chi connectivity index (χ0) is 10.5. The van der Waals surface area contributed by atoms with Gasteiger partial charge < -0.3 is 9.16 Å². The van der Waals surface area contributed by atoms with Crippen LogP contribution in [0.25, 0.3) is 0 Å². The molecular weight excluding hydrogens is 196 g/mol. The summed E-state index contributed by atoms with van der Waals surface area (Å²) in [6, 6.07) is 0. The van der Waals surface area contributed by atoms with E-state index in [1.54, 1.807) is 0 Å². The SMILES string of the molecule is CCOC[Si](C)(OCC)[Si](C)(C)C. The van der Waals surface area contributed by atoms with Gasteiger partial charge in [0.1, 0.15) is 0 Å². The maximum atomic E-state index is 5.97. The second kappa shape index (κ2) is 5.29. The molecule has 0 radical (unpaired) electrons. The minimum atomic E-state index is -1.56. The van der Waals surface area contributed by atoms with Crippen molar-refractivity contribution in [3.63, 3.8) is 0 Å². The molecule has 1 unspecified atom stereocenters. The molecule has 0 aromatic rings. The molecule has 80 valence electrons. The van der Waals surface area contributed by atoms with Crippen molar-refractivity contribution in [1.82, 2.24) is 0 Å². The Morgan fingerprint density at radius 3 is 1.77 bits per heavy atom. The summed E-state index contributed by atoms with van der Waals surface area (Å²) in [6.07, 6.45) is 0.868. The molecule has 1 atom stereocenters. The molecule has 2 nitrogen and oxygen atoms in total. The van der Waals surface area contributed by atoms with Crippen LogP contribution in [-0.4, -0.2) is 34.9 Å². The number of hydrogen-bond acceptors (Lipinski definition) is 2. The molecule has 0 N–H and O–H groups in total. The van der Waals surface area contributed by atoms with Crippen LogP contribution in [0.4, 0.5) is 0 Å². The highest BCUT2D eigenvalue weighted by Gasteiger charge is 2.43. The summed E-state index contributed by atoms with van der Waals surface area (Å²) in [7, 11) is -2.73. The van der Waals surface area contributed by atoms with E-state index >= 15 is 0 Å². The Balaban J connectivity index is 4.34. The average Bonchev–Trinajstić information content (AvgIpc) is 1.99. The van der Waals surface area contributed by atoms with E-state index in [4.69, 9.17) is 9.16 Å². The van der Waals surface area contributed by atoms with Gasteiger partial charge in [0.2, 0.25) is 7.83 Å².